The first-order valence-corrected chi connectivity index (χ1v) is 13.4. The molecule has 0 saturated heterocycles. The van der Waals surface area contributed by atoms with Crippen molar-refractivity contribution in [2.75, 3.05) is 0 Å². The molecule has 0 heterocycles. The summed E-state index contributed by atoms with van der Waals surface area (Å²) in [5, 5.41) is 0.113. The Morgan fingerprint density at radius 1 is 1.06 bits per heavy atom. The predicted octanol–water partition coefficient (Wildman–Crippen LogP) is 5.44. The third-order valence-electron chi connectivity index (χ3n) is 4.82. The van der Waals surface area contributed by atoms with Crippen LogP contribution in [0.1, 0.15) is 47.5 Å². The maximum Gasteiger partial charge on any atom is 0.189 e. The molecular weight excluding hydrogens is 240 g/mol. The smallest absolute Gasteiger partial charge is 0.189 e. The first-order valence-electron chi connectivity index (χ1n) is 7.20. The molecule has 0 spiro atoms. The van der Waals surface area contributed by atoms with Gasteiger partial charge in [-0.05, 0) is 32.5 Å². The van der Waals surface area contributed by atoms with Gasteiger partial charge in [-0.25, -0.2) is 0 Å². The van der Waals surface area contributed by atoms with Crippen LogP contribution < -0.4 is 0 Å². The van der Waals surface area contributed by atoms with Crippen LogP contribution in [0.15, 0.2) is 0 Å². The van der Waals surface area contributed by atoms with E-state index in [0.29, 0.717) is 0 Å². The average molecular weight is 275 g/mol. The summed E-state index contributed by atoms with van der Waals surface area (Å²) < 4.78 is 6.70. The number of rotatable bonds is 7. The first-order chi connectivity index (χ1) is 7.50. The highest BCUT2D eigenvalue weighted by molar-refractivity contribution is 6.82. The summed E-state index contributed by atoms with van der Waals surface area (Å²) in [5.41, 5.74) is 0.744. The second-order valence-electron chi connectivity index (χ2n) is 7.16. The summed E-state index contributed by atoms with van der Waals surface area (Å²) in [7, 11) is -2.83. The zero-order valence-electron chi connectivity index (χ0n) is 13.6. The second-order valence-corrected chi connectivity index (χ2v) is 17.0. The Kier molecular flexibility index (Phi) is 6.16. The molecule has 0 saturated carbocycles. The molecule has 1 nitrogen and oxygen atoms in total. The van der Waals surface area contributed by atoms with Crippen molar-refractivity contribution in [3.63, 3.8) is 0 Å². The lowest BCUT2D eigenvalue weighted by atomic mass is 10.4. The van der Waals surface area contributed by atoms with Gasteiger partial charge in [0.15, 0.2) is 8.32 Å². The zero-order valence-corrected chi connectivity index (χ0v) is 15.6. The predicted molar refractivity (Wildman–Crippen MR) is 84.9 cm³/mol. The van der Waals surface area contributed by atoms with Crippen molar-refractivity contribution in [3.8, 4) is 0 Å². The van der Waals surface area contributed by atoms with Crippen molar-refractivity contribution < 1.29 is 4.43 Å². The molecule has 0 aromatic rings. The van der Waals surface area contributed by atoms with Gasteiger partial charge in [0, 0.05) is 5.22 Å². The van der Waals surface area contributed by atoms with Crippen molar-refractivity contribution in [1.82, 2.24) is 0 Å². The average Bonchev–Trinajstić information content (AvgIpc) is 2.14. The van der Waals surface area contributed by atoms with Gasteiger partial charge in [-0.2, -0.15) is 0 Å². The lowest BCUT2D eigenvalue weighted by Gasteiger charge is -2.46. The van der Waals surface area contributed by atoms with E-state index in [2.05, 4.69) is 60.8 Å². The fraction of sp³-hybridized carbons (Fsp3) is 1.00. The second kappa shape index (κ2) is 6.02. The van der Waals surface area contributed by atoms with Crippen LogP contribution in [0.3, 0.4) is 0 Å². The van der Waals surface area contributed by atoms with E-state index in [4.69, 9.17) is 4.43 Å². The van der Waals surface area contributed by atoms with Crippen LogP contribution in [0, 0.1) is 0 Å². The van der Waals surface area contributed by atoms with Gasteiger partial charge in [-0.1, -0.05) is 52.8 Å². The van der Waals surface area contributed by atoms with E-state index < -0.39 is 16.4 Å². The monoisotopic (exact) mass is 274 g/mol. The third kappa shape index (κ3) is 4.53. The molecule has 0 aliphatic rings. The van der Waals surface area contributed by atoms with E-state index in [1.165, 1.54) is 18.9 Å². The van der Waals surface area contributed by atoms with Crippen molar-refractivity contribution >= 4 is 16.4 Å². The van der Waals surface area contributed by atoms with Crippen LogP contribution in [-0.2, 0) is 4.43 Å². The van der Waals surface area contributed by atoms with E-state index in [1.54, 1.807) is 0 Å². The van der Waals surface area contributed by atoms with Crippen LogP contribution in [0.5, 0.6) is 0 Å². The van der Waals surface area contributed by atoms with Crippen molar-refractivity contribution in [3.05, 3.63) is 0 Å². The SMILES string of the molecule is CCC[Si](C)(C)C(C)(C)O[Si](C)(C)C(C)CC. The first kappa shape index (κ1) is 17.4. The lowest BCUT2D eigenvalue weighted by molar-refractivity contribution is 0.168. The molecule has 17 heavy (non-hydrogen) atoms. The van der Waals surface area contributed by atoms with Crippen molar-refractivity contribution in [1.29, 1.82) is 0 Å². The summed E-state index contributed by atoms with van der Waals surface area (Å²) in [5.74, 6) is 0. The van der Waals surface area contributed by atoms with Crippen molar-refractivity contribution in [2.24, 2.45) is 0 Å². The van der Waals surface area contributed by atoms with Gasteiger partial charge in [-0.3, -0.25) is 0 Å². The molecule has 0 aromatic carbocycles. The van der Waals surface area contributed by atoms with Gasteiger partial charge in [-0.15, -0.1) is 0 Å². The Hall–Kier alpha value is 0.394. The van der Waals surface area contributed by atoms with E-state index in [-0.39, 0.29) is 5.22 Å². The molecule has 0 aromatic heterocycles. The standard InChI is InChI=1S/C14H34OSi2/c1-10-12-16(6,7)14(4,5)15-17(8,9)13(3)11-2/h13H,10-12H2,1-9H3. The minimum atomic E-state index is -1.55. The molecule has 0 aliphatic carbocycles. The van der Waals surface area contributed by atoms with Gasteiger partial charge in [0.25, 0.3) is 0 Å². The van der Waals surface area contributed by atoms with Gasteiger partial charge >= 0.3 is 0 Å². The van der Waals surface area contributed by atoms with Gasteiger partial charge < -0.3 is 4.43 Å². The maximum atomic E-state index is 6.70. The summed E-state index contributed by atoms with van der Waals surface area (Å²) in [6.07, 6.45) is 2.53. The van der Waals surface area contributed by atoms with Crippen LogP contribution in [0.2, 0.25) is 37.8 Å². The Balaban J connectivity index is 4.85. The fourth-order valence-corrected chi connectivity index (χ4v) is 8.56. The Bertz CT molecular complexity index is 234. The zero-order chi connectivity index (χ0) is 13.9. The Labute approximate surface area is 111 Å². The van der Waals surface area contributed by atoms with E-state index in [1.807, 2.05) is 0 Å². The highest BCUT2D eigenvalue weighted by Crippen LogP contribution is 2.36. The lowest BCUT2D eigenvalue weighted by Crippen LogP contribution is -2.57. The quantitative estimate of drug-likeness (QED) is 0.561. The van der Waals surface area contributed by atoms with Crippen LogP contribution in [-0.4, -0.2) is 21.6 Å². The van der Waals surface area contributed by atoms with E-state index in [9.17, 15) is 0 Å². The molecule has 3 heteroatoms. The number of hydrogen-bond acceptors (Lipinski definition) is 1. The topological polar surface area (TPSA) is 9.23 Å². The molecule has 0 aliphatic heterocycles. The summed E-state index contributed by atoms with van der Waals surface area (Å²) in [6.45, 7) is 21.4. The molecular formula is C14H34OSi2. The highest BCUT2D eigenvalue weighted by Gasteiger charge is 2.44. The minimum absolute atomic E-state index is 0.113. The van der Waals surface area contributed by atoms with Crippen LogP contribution >= 0.6 is 0 Å². The number of hydrogen-bond donors (Lipinski definition) is 0. The van der Waals surface area contributed by atoms with Gasteiger partial charge in [0.2, 0.25) is 0 Å². The minimum Gasteiger partial charge on any atom is -0.415 e. The molecule has 0 fully saturated rings. The molecule has 1 unspecified atom stereocenters. The highest BCUT2D eigenvalue weighted by atomic mass is 28.4. The molecule has 0 bridgehead atoms. The molecule has 0 rings (SSSR count). The van der Waals surface area contributed by atoms with Crippen molar-refractivity contribution in [2.45, 2.75) is 90.5 Å². The maximum absolute atomic E-state index is 6.70. The van der Waals surface area contributed by atoms with Gasteiger partial charge in [0.1, 0.15) is 0 Å². The van der Waals surface area contributed by atoms with Gasteiger partial charge in [0.05, 0.1) is 8.07 Å². The molecule has 104 valence electrons. The largest absolute Gasteiger partial charge is 0.415 e. The van der Waals surface area contributed by atoms with E-state index >= 15 is 0 Å². The molecule has 0 amide bonds. The van der Waals surface area contributed by atoms with Crippen LogP contribution in [0.25, 0.3) is 0 Å². The normalized spacial score (nSPS) is 16.1. The molecule has 1 atom stereocenters. The van der Waals surface area contributed by atoms with Crippen LogP contribution in [0.4, 0.5) is 0 Å². The Morgan fingerprint density at radius 2 is 1.53 bits per heavy atom. The summed E-state index contributed by atoms with van der Waals surface area (Å²) in [6, 6.07) is 1.37. The summed E-state index contributed by atoms with van der Waals surface area (Å²) >= 11 is 0. The molecule has 0 N–H and O–H groups in total. The third-order valence-corrected chi connectivity index (χ3v) is 14.0. The van der Waals surface area contributed by atoms with E-state index in [0.717, 1.165) is 5.54 Å². The summed E-state index contributed by atoms with van der Waals surface area (Å²) in [4.78, 5) is 0. The Morgan fingerprint density at radius 3 is 1.88 bits per heavy atom. The fourth-order valence-electron chi connectivity index (χ4n) is 2.31. The molecule has 0 radical (unpaired) electrons.